The van der Waals surface area contributed by atoms with Crippen LogP contribution in [0.1, 0.15) is 49.9 Å². The minimum Gasteiger partial charge on any atom is -0.405 e. The summed E-state index contributed by atoms with van der Waals surface area (Å²) in [7, 11) is 0. The third-order valence-corrected chi connectivity index (χ3v) is 4.96. The number of primary amides is 1. The molecule has 1 saturated heterocycles. The Morgan fingerprint density at radius 3 is 2.39 bits per heavy atom. The Balaban J connectivity index is 0.000000819. The van der Waals surface area contributed by atoms with Gasteiger partial charge in [-0.3, -0.25) is 14.7 Å². The van der Waals surface area contributed by atoms with Gasteiger partial charge in [0.1, 0.15) is 0 Å². The standard InChI is InChI=1S/C23H30N4.C3H8.CH3NO/c1-18-8-9-21(15-26-18)22-13-19(6-3-2-4-10-24)12-20(14-22)16-27-11-5-7-23(25)17-27;1-3-2;2-1-3/h2-4,8-10,12-15,23H,5-7,11,16-17,24-25H2,1H3;3H2,1-2H3;1H,(H2,2,3)/b3-2-,10-4-;;. The molecule has 1 aliphatic heterocycles. The normalized spacial score (nSPS) is 16.1. The van der Waals surface area contributed by atoms with Crippen LogP contribution in [-0.2, 0) is 17.8 Å². The van der Waals surface area contributed by atoms with Gasteiger partial charge in [-0.1, -0.05) is 50.6 Å². The number of nitrogens with two attached hydrogens (primary N) is 3. The van der Waals surface area contributed by atoms with Gasteiger partial charge >= 0.3 is 0 Å². The second-order valence-corrected chi connectivity index (χ2v) is 8.22. The summed E-state index contributed by atoms with van der Waals surface area (Å²) in [5.41, 5.74) is 21.8. The van der Waals surface area contributed by atoms with Crippen molar-refractivity contribution in [2.24, 2.45) is 17.2 Å². The molecule has 3 rings (SSSR count). The quantitative estimate of drug-likeness (QED) is 0.453. The lowest BCUT2D eigenvalue weighted by atomic mass is 9.98. The number of allylic oxidation sites excluding steroid dienone is 3. The van der Waals surface area contributed by atoms with Crippen LogP contribution < -0.4 is 17.2 Å². The molecule has 2 heterocycles. The van der Waals surface area contributed by atoms with Gasteiger partial charge in [-0.2, -0.15) is 0 Å². The van der Waals surface area contributed by atoms with E-state index in [9.17, 15) is 0 Å². The van der Waals surface area contributed by atoms with E-state index in [1.807, 2.05) is 25.3 Å². The summed E-state index contributed by atoms with van der Waals surface area (Å²) in [4.78, 5) is 15.5. The minimum absolute atomic E-state index is 0.250. The Morgan fingerprint density at radius 2 is 1.79 bits per heavy atom. The van der Waals surface area contributed by atoms with Gasteiger partial charge in [0, 0.05) is 36.6 Å². The number of carbonyl (C=O) groups is 1. The lowest BCUT2D eigenvalue weighted by Crippen LogP contribution is -2.42. The number of aryl methyl sites for hydroxylation is 1. The van der Waals surface area contributed by atoms with Crippen LogP contribution in [0.3, 0.4) is 0 Å². The first-order valence-electron chi connectivity index (χ1n) is 11.7. The van der Waals surface area contributed by atoms with Crippen molar-refractivity contribution in [3.05, 3.63) is 77.8 Å². The van der Waals surface area contributed by atoms with Crippen LogP contribution in [0.4, 0.5) is 0 Å². The Morgan fingerprint density at radius 1 is 1.09 bits per heavy atom. The molecule has 1 unspecified atom stereocenters. The maximum Gasteiger partial charge on any atom is 0.204 e. The van der Waals surface area contributed by atoms with Crippen molar-refractivity contribution in [1.82, 2.24) is 9.88 Å². The van der Waals surface area contributed by atoms with Crippen molar-refractivity contribution in [3.63, 3.8) is 0 Å². The first kappa shape index (κ1) is 28.1. The monoisotopic (exact) mass is 451 g/mol. The van der Waals surface area contributed by atoms with E-state index in [-0.39, 0.29) is 6.41 Å². The predicted octanol–water partition coefficient (Wildman–Crippen LogP) is 4.07. The van der Waals surface area contributed by atoms with Gasteiger partial charge in [0.15, 0.2) is 0 Å². The highest BCUT2D eigenvalue weighted by atomic mass is 16.1. The molecule has 1 aliphatic rings. The maximum absolute atomic E-state index is 8.58. The van der Waals surface area contributed by atoms with E-state index in [1.165, 1.54) is 29.5 Å². The number of rotatable bonds is 6. The molecular weight excluding hydrogens is 410 g/mol. The smallest absolute Gasteiger partial charge is 0.204 e. The highest BCUT2D eigenvalue weighted by molar-refractivity contribution is 5.64. The van der Waals surface area contributed by atoms with Crippen molar-refractivity contribution >= 4 is 6.41 Å². The minimum atomic E-state index is 0.250. The van der Waals surface area contributed by atoms with E-state index in [4.69, 9.17) is 16.3 Å². The molecule has 6 heteroatoms. The average molecular weight is 452 g/mol. The van der Waals surface area contributed by atoms with Gasteiger partial charge in [0.05, 0.1) is 0 Å². The number of benzene rings is 1. The second kappa shape index (κ2) is 16.6. The molecule has 0 saturated carbocycles. The largest absolute Gasteiger partial charge is 0.405 e. The molecule has 0 bridgehead atoms. The Kier molecular flexibility index (Phi) is 14.2. The van der Waals surface area contributed by atoms with Crippen molar-refractivity contribution in [2.45, 2.75) is 59.0 Å². The number of nitrogens with zero attached hydrogens (tertiary/aromatic N) is 2. The van der Waals surface area contributed by atoms with Crippen LogP contribution in [0.5, 0.6) is 0 Å². The van der Waals surface area contributed by atoms with Gasteiger partial charge in [-0.05, 0) is 73.8 Å². The number of aromatic nitrogens is 1. The molecule has 6 N–H and O–H groups in total. The zero-order valence-corrected chi connectivity index (χ0v) is 20.4. The summed E-state index contributed by atoms with van der Waals surface area (Å²) in [6.45, 7) is 9.31. The van der Waals surface area contributed by atoms with Crippen LogP contribution in [-0.4, -0.2) is 35.4 Å². The molecule has 0 spiro atoms. The van der Waals surface area contributed by atoms with E-state index in [1.54, 1.807) is 6.20 Å². The summed E-state index contributed by atoms with van der Waals surface area (Å²) < 4.78 is 0. The molecule has 2 aromatic rings. The number of hydrogen-bond acceptors (Lipinski definition) is 5. The average Bonchev–Trinajstić information content (AvgIpc) is 2.78. The van der Waals surface area contributed by atoms with Crippen LogP contribution >= 0.6 is 0 Å². The Labute approximate surface area is 199 Å². The van der Waals surface area contributed by atoms with Gasteiger partial charge in [-0.25, -0.2) is 0 Å². The molecule has 1 amide bonds. The van der Waals surface area contributed by atoms with E-state index in [0.29, 0.717) is 6.04 Å². The second-order valence-electron chi connectivity index (χ2n) is 8.22. The molecule has 33 heavy (non-hydrogen) atoms. The van der Waals surface area contributed by atoms with Gasteiger partial charge in [0.2, 0.25) is 6.41 Å². The molecule has 1 aromatic heterocycles. The molecule has 1 atom stereocenters. The number of hydrogen-bond donors (Lipinski definition) is 3. The Hall–Kier alpha value is -2.96. The number of piperidine rings is 1. The number of pyridine rings is 1. The van der Waals surface area contributed by atoms with Crippen LogP contribution in [0.15, 0.2) is 61.0 Å². The van der Waals surface area contributed by atoms with Crippen molar-refractivity contribution in [3.8, 4) is 11.1 Å². The zero-order valence-electron chi connectivity index (χ0n) is 20.4. The van der Waals surface area contributed by atoms with Crippen molar-refractivity contribution < 1.29 is 4.79 Å². The van der Waals surface area contributed by atoms with Crippen molar-refractivity contribution in [1.29, 1.82) is 0 Å². The lowest BCUT2D eigenvalue weighted by Gasteiger charge is -2.30. The van der Waals surface area contributed by atoms with E-state index in [2.05, 4.69) is 65.9 Å². The van der Waals surface area contributed by atoms with Crippen LogP contribution in [0, 0.1) is 6.92 Å². The highest BCUT2D eigenvalue weighted by Crippen LogP contribution is 2.24. The van der Waals surface area contributed by atoms with Crippen LogP contribution in [0.2, 0.25) is 0 Å². The van der Waals surface area contributed by atoms with Gasteiger partial charge in [0.25, 0.3) is 0 Å². The van der Waals surface area contributed by atoms with Gasteiger partial charge < -0.3 is 17.2 Å². The highest BCUT2D eigenvalue weighted by Gasteiger charge is 2.17. The third kappa shape index (κ3) is 11.5. The number of likely N-dealkylation sites (tertiary alicyclic amines) is 1. The van der Waals surface area contributed by atoms with Crippen molar-refractivity contribution in [2.75, 3.05) is 13.1 Å². The maximum atomic E-state index is 8.58. The Bertz CT molecular complexity index is 861. The number of carbonyl (C=O) groups excluding carboxylic acids is 1. The van der Waals surface area contributed by atoms with E-state index < -0.39 is 0 Å². The molecule has 6 nitrogen and oxygen atoms in total. The number of amides is 1. The zero-order chi connectivity index (χ0) is 24.5. The van der Waals surface area contributed by atoms with Gasteiger partial charge in [-0.15, -0.1) is 0 Å². The summed E-state index contributed by atoms with van der Waals surface area (Å²) in [5.74, 6) is 0. The molecule has 180 valence electrons. The fraction of sp³-hybridized carbons (Fsp3) is 0.407. The summed E-state index contributed by atoms with van der Waals surface area (Å²) in [6.07, 6.45) is 14.2. The van der Waals surface area contributed by atoms with E-state index >= 15 is 0 Å². The fourth-order valence-corrected chi connectivity index (χ4v) is 3.62. The molecule has 0 radical (unpaired) electrons. The topological polar surface area (TPSA) is 111 Å². The summed E-state index contributed by atoms with van der Waals surface area (Å²) >= 11 is 0. The van der Waals surface area contributed by atoms with Crippen LogP contribution in [0.25, 0.3) is 11.1 Å². The predicted molar refractivity (Wildman–Crippen MR) is 139 cm³/mol. The SMILES string of the molecule is CCC.Cc1ccc(-c2cc(C/C=C\C=C/N)cc(CN3CCCC(N)C3)c2)cn1.NC=O. The lowest BCUT2D eigenvalue weighted by molar-refractivity contribution is -0.106. The molecular formula is C27H41N5O. The molecule has 1 fully saturated rings. The first-order chi connectivity index (χ1) is 16.0. The first-order valence-corrected chi connectivity index (χ1v) is 11.7. The third-order valence-electron chi connectivity index (χ3n) is 4.96. The van der Waals surface area contributed by atoms with E-state index in [0.717, 1.165) is 43.7 Å². The fourth-order valence-electron chi connectivity index (χ4n) is 3.62. The summed E-state index contributed by atoms with van der Waals surface area (Å²) in [5, 5.41) is 0. The molecule has 1 aromatic carbocycles. The summed E-state index contributed by atoms with van der Waals surface area (Å²) in [6, 6.07) is 11.4. The molecule has 0 aliphatic carbocycles.